The quantitative estimate of drug-likeness (QED) is 0.789. The Morgan fingerprint density at radius 2 is 1.84 bits per heavy atom. The molecule has 0 radical (unpaired) electrons. The minimum absolute atomic E-state index is 0.0889. The maximum atomic E-state index is 14.3. The van der Waals surface area contributed by atoms with Crippen LogP contribution in [-0.2, 0) is 4.79 Å². The minimum Gasteiger partial charge on any atom is -0.493 e. The molecular weight excluding hydrogens is 323 g/mol. The average molecular weight is 352 g/mol. The third kappa shape index (κ3) is 4.63. The van der Waals surface area contributed by atoms with Crippen LogP contribution in [0.1, 0.15) is 57.1 Å². The predicted molar refractivity (Wildman–Crippen MR) is 95.3 cm³/mol. The number of hydrogen-bond acceptors (Lipinski definition) is 4. The zero-order valence-electron chi connectivity index (χ0n) is 15.4. The van der Waals surface area contributed by atoms with Gasteiger partial charge in [-0.1, -0.05) is 19.3 Å². The van der Waals surface area contributed by atoms with E-state index in [1.165, 1.54) is 26.7 Å². The van der Waals surface area contributed by atoms with Gasteiger partial charge in [-0.15, -0.1) is 0 Å². The summed E-state index contributed by atoms with van der Waals surface area (Å²) in [6, 6.07) is 2.38. The van der Waals surface area contributed by atoms with Gasteiger partial charge < -0.3 is 20.5 Å². The molecule has 5 nitrogen and oxygen atoms in total. The summed E-state index contributed by atoms with van der Waals surface area (Å²) in [4.78, 5) is 12.5. The van der Waals surface area contributed by atoms with Crippen LogP contribution in [0.5, 0.6) is 11.5 Å². The van der Waals surface area contributed by atoms with E-state index >= 15 is 0 Å². The topological polar surface area (TPSA) is 73.6 Å². The lowest BCUT2D eigenvalue weighted by Crippen LogP contribution is -2.39. The number of rotatable bonds is 7. The molecule has 2 rings (SSSR count). The summed E-state index contributed by atoms with van der Waals surface area (Å²) in [7, 11) is 2.95. The Morgan fingerprint density at radius 1 is 1.24 bits per heavy atom. The molecule has 1 unspecified atom stereocenters. The Morgan fingerprint density at radius 3 is 2.40 bits per heavy atom. The number of nitrogens with two attached hydrogens (primary N) is 1. The molecule has 1 atom stereocenters. The SMILES string of the molecule is COc1cc(F)c(C(C)NC(=O)CC2(CN)CCCCC2)cc1OC. The molecule has 3 N–H and O–H groups in total. The van der Waals surface area contributed by atoms with Crippen LogP contribution in [-0.4, -0.2) is 26.7 Å². The van der Waals surface area contributed by atoms with E-state index in [1.807, 2.05) is 0 Å². The Bertz CT molecular complexity index is 601. The lowest BCUT2D eigenvalue weighted by molar-refractivity contribution is -0.124. The normalized spacial score (nSPS) is 17.6. The second-order valence-corrected chi connectivity index (χ2v) is 6.96. The highest BCUT2D eigenvalue weighted by molar-refractivity contribution is 5.77. The molecule has 1 fully saturated rings. The number of halogens is 1. The van der Waals surface area contributed by atoms with Crippen molar-refractivity contribution in [3.05, 3.63) is 23.5 Å². The van der Waals surface area contributed by atoms with Crippen molar-refractivity contribution in [2.24, 2.45) is 11.1 Å². The van der Waals surface area contributed by atoms with E-state index in [0.717, 1.165) is 25.7 Å². The Hall–Kier alpha value is -1.82. The Kier molecular flexibility index (Phi) is 6.64. The molecule has 0 aromatic heterocycles. The highest BCUT2D eigenvalue weighted by Gasteiger charge is 2.33. The average Bonchev–Trinajstić information content (AvgIpc) is 2.61. The fourth-order valence-corrected chi connectivity index (χ4v) is 3.67. The van der Waals surface area contributed by atoms with Crippen LogP contribution in [0.3, 0.4) is 0 Å². The van der Waals surface area contributed by atoms with E-state index < -0.39 is 11.9 Å². The standard InChI is InChI=1S/C19H29FN2O3/c1-13(14-9-16(24-2)17(25-3)10-15(14)20)22-18(23)11-19(12-21)7-5-4-6-8-19/h9-10,13H,4-8,11-12,21H2,1-3H3,(H,22,23). The van der Waals surface area contributed by atoms with Crippen LogP contribution in [0, 0.1) is 11.2 Å². The number of methoxy groups -OCH3 is 2. The first-order chi connectivity index (χ1) is 11.9. The Balaban J connectivity index is 2.08. The smallest absolute Gasteiger partial charge is 0.221 e. The molecule has 6 heteroatoms. The van der Waals surface area contributed by atoms with Gasteiger partial charge in [0.2, 0.25) is 5.91 Å². The van der Waals surface area contributed by atoms with E-state index in [1.54, 1.807) is 13.0 Å². The zero-order valence-corrected chi connectivity index (χ0v) is 15.4. The van der Waals surface area contributed by atoms with E-state index in [-0.39, 0.29) is 11.3 Å². The van der Waals surface area contributed by atoms with Crippen molar-refractivity contribution in [3.8, 4) is 11.5 Å². The van der Waals surface area contributed by atoms with Crippen molar-refractivity contribution in [2.45, 2.75) is 51.5 Å². The monoisotopic (exact) mass is 352 g/mol. The van der Waals surface area contributed by atoms with Crippen LogP contribution in [0.25, 0.3) is 0 Å². The number of amides is 1. The molecule has 1 aromatic carbocycles. The second kappa shape index (κ2) is 8.52. The van der Waals surface area contributed by atoms with Crippen molar-refractivity contribution in [1.29, 1.82) is 0 Å². The molecule has 0 bridgehead atoms. The number of nitrogens with one attached hydrogen (secondary N) is 1. The fraction of sp³-hybridized carbons (Fsp3) is 0.632. The highest BCUT2D eigenvalue weighted by atomic mass is 19.1. The molecule has 0 saturated heterocycles. The van der Waals surface area contributed by atoms with Gasteiger partial charge in [0.1, 0.15) is 5.82 Å². The van der Waals surface area contributed by atoms with Gasteiger partial charge in [-0.05, 0) is 37.8 Å². The summed E-state index contributed by atoms with van der Waals surface area (Å²) in [6.45, 7) is 2.28. The lowest BCUT2D eigenvalue weighted by Gasteiger charge is -2.36. The summed E-state index contributed by atoms with van der Waals surface area (Å²) >= 11 is 0. The highest BCUT2D eigenvalue weighted by Crippen LogP contribution is 2.38. The molecule has 25 heavy (non-hydrogen) atoms. The number of benzene rings is 1. The van der Waals surface area contributed by atoms with Crippen molar-refractivity contribution in [3.63, 3.8) is 0 Å². The molecule has 0 heterocycles. The van der Waals surface area contributed by atoms with Gasteiger partial charge >= 0.3 is 0 Å². The summed E-state index contributed by atoms with van der Waals surface area (Å²) in [5.74, 6) is 0.239. The van der Waals surface area contributed by atoms with Crippen LogP contribution in [0.2, 0.25) is 0 Å². The molecule has 1 aromatic rings. The van der Waals surface area contributed by atoms with Gasteiger partial charge in [-0.25, -0.2) is 4.39 Å². The first-order valence-electron chi connectivity index (χ1n) is 8.85. The molecule has 1 aliphatic rings. The maximum absolute atomic E-state index is 14.3. The van der Waals surface area contributed by atoms with Crippen molar-refractivity contribution in [2.75, 3.05) is 20.8 Å². The van der Waals surface area contributed by atoms with Gasteiger partial charge in [-0.3, -0.25) is 4.79 Å². The van der Waals surface area contributed by atoms with Crippen molar-refractivity contribution in [1.82, 2.24) is 5.32 Å². The second-order valence-electron chi connectivity index (χ2n) is 6.96. The molecule has 0 aliphatic heterocycles. The third-order valence-corrected chi connectivity index (χ3v) is 5.23. The van der Waals surface area contributed by atoms with Crippen LogP contribution in [0.4, 0.5) is 4.39 Å². The predicted octanol–water partition coefficient (Wildman–Crippen LogP) is 3.32. The van der Waals surface area contributed by atoms with E-state index in [4.69, 9.17) is 15.2 Å². The summed E-state index contributed by atoms with van der Waals surface area (Å²) < 4.78 is 24.7. The van der Waals surface area contributed by atoms with E-state index in [2.05, 4.69) is 5.32 Å². The van der Waals surface area contributed by atoms with E-state index in [0.29, 0.717) is 30.0 Å². The first-order valence-corrected chi connectivity index (χ1v) is 8.85. The third-order valence-electron chi connectivity index (χ3n) is 5.23. The fourth-order valence-electron chi connectivity index (χ4n) is 3.67. The molecule has 1 aliphatic carbocycles. The molecular formula is C19H29FN2O3. The Labute approximate surface area is 149 Å². The number of carbonyl (C=O) groups is 1. The molecule has 140 valence electrons. The van der Waals surface area contributed by atoms with Crippen LogP contribution < -0.4 is 20.5 Å². The largest absolute Gasteiger partial charge is 0.493 e. The van der Waals surface area contributed by atoms with Gasteiger partial charge in [0, 0.05) is 18.1 Å². The zero-order chi connectivity index (χ0) is 18.4. The summed E-state index contributed by atoms with van der Waals surface area (Å²) in [5.41, 5.74) is 6.21. The minimum atomic E-state index is -0.467. The summed E-state index contributed by atoms with van der Waals surface area (Å²) in [5, 5.41) is 2.90. The molecule has 1 saturated carbocycles. The molecule has 0 spiro atoms. The van der Waals surface area contributed by atoms with Gasteiger partial charge in [0.05, 0.1) is 20.3 Å². The number of hydrogen-bond donors (Lipinski definition) is 2. The van der Waals surface area contributed by atoms with Crippen LogP contribution >= 0.6 is 0 Å². The van der Waals surface area contributed by atoms with Crippen molar-refractivity contribution >= 4 is 5.91 Å². The summed E-state index contributed by atoms with van der Waals surface area (Å²) in [6.07, 6.45) is 5.79. The number of ether oxygens (including phenoxy) is 2. The van der Waals surface area contributed by atoms with Crippen LogP contribution in [0.15, 0.2) is 12.1 Å². The van der Waals surface area contributed by atoms with Crippen molar-refractivity contribution < 1.29 is 18.7 Å². The number of carbonyl (C=O) groups excluding carboxylic acids is 1. The van der Waals surface area contributed by atoms with Gasteiger partial charge in [-0.2, -0.15) is 0 Å². The van der Waals surface area contributed by atoms with E-state index in [9.17, 15) is 9.18 Å². The molecule has 1 amide bonds. The van der Waals surface area contributed by atoms with Gasteiger partial charge in [0.25, 0.3) is 0 Å². The van der Waals surface area contributed by atoms with Gasteiger partial charge in [0.15, 0.2) is 11.5 Å². The lowest BCUT2D eigenvalue weighted by atomic mass is 9.71. The first kappa shape index (κ1) is 19.5. The maximum Gasteiger partial charge on any atom is 0.221 e.